The molecule has 1 N–H and O–H groups in total. The van der Waals surface area contributed by atoms with Crippen LogP contribution in [0.3, 0.4) is 0 Å². The normalized spacial score (nSPS) is 16.5. The van der Waals surface area contributed by atoms with Gasteiger partial charge in [0.1, 0.15) is 11.4 Å². The van der Waals surface area contributed by atoms with Crippen molar-refractivity contribution in [1.82, 2.24) is 14.9 Å². The van der Waals surface area contributed by atoms with E-state index in [1.54, 1.807) is 7.11 Å². The molecule has 0 spiro atoms. The first-order valence-corrected chi connectivity index (χ1v) is 8.56. The van der Waals surface area contributed by atoms with Crippen molar-refractivity contribution in [3.8, 4) is 5.75 Å². The second-order valence-corrected chi connectivity index (χ2v) is 6.46. The zero-order chi connectivity index (χ0) is 16.5. The predicted octanol–water partition coefficient (Wildman–Crippen LogP) is 3.40. The molecule has 0 saturated carbocycles. The topological polar surface area (TPSA) is 39.1 Å². The number of benzene rings is 1. The molecule has 0 fully saturated rings. The van der Waals surface area contributed by atoms with Gasteiger partial charge in [-0.05, 0) is 60.7 Å². The largest absolute Gasteiger partial charge is 0.496 e. The third-order valence-electron chi connectivity index (χ3n) is 5.05. The third kappa shape index (κ3) is 2.57. The van der Waals surface area contributed by atoms with Gasteiger partial charge in [-0.1, -0.05) is 12.1 Å². The number of hydrogen-bond acceptors (Lipinski definition) is 3. The first kappa shape index (κ1) is 15.2. The van der Waals surface area contributed by atoms with Gasteiger partial charge < -0.3 is 14.6 Å². The Kier molecular flexibility index (Phi) is 3.98. The summed E-state index contributed by atoms with van der Waals surface area (Å²) in [6, 6.07) is 11.0. The number of rotatable bonds is 5. The van der Waals surface area contributed by atoms with Crippen LogP contribution in [0.15, 0.2) is 42.7 Å². The van der Waals surface area contributed by atoms with Crippen molar-refractivity contribution in [1.29, 1.82) is 0 Å². The summed E-state index contributed by atoms with van der Waals surface area (Å²) in [6.07, 6.45) is 7.30. The minimum absolute atomic E-state index is 0.434. The van der Waals surface area contributed by atoms with Crippen molar-refractivity contribution < 1.29 is 4.74 Å². The van der Waals surface area contributed by atoms with Gasteiger partial charge in [-0.3, -0.25) is 0 Å². The van der Waals surface area contributed by atoms with Crippen molar-refractivity contribution in [3.05, 3.63) is 59.4 Å². The molecule has 1 atom stereocenters. The number of aromatic nitrogens is 2. The van der Waals surface area contributed by atoms with Crippen LogP contribution in [-0.4, -0.2) is 23.2 Å². The Labute approximate surface area is 142 Å². The molecule has 1 aromatic carbocycles. The zero-order valence-corrected chi connectivity index (χ0v) is 14.2. The number of methoxy groups -OCH3 is 1. The molecule has 0 aliphatic heterocycles. The third-order valence-corrected chi connectivity index (χ3v) is 5.05. The standard InChI is InChI=1S/C20H23N3O/c1-23-13-14(15-6-4-11-22-20(15)23)10-12-21-18-9-8-17-16(18)5-3-7-19(17)24-2/h3-7,11,13,18,21H,8-10,12H2,1-2H3. The number of fused-ring (bicyclic) bond motifs is 2. The summed E-state index contributed by atoms with van der Waals surface area (Å²) in [4.78, 5) is 4.46. The second-order valence-electron chi connectivity index (χ2n) is 6.46. The van der Waals surface area contributed by atoms with E-state index in [1.807, 2.05) is 12.3 Å². The van der Waals surface area contributed by atoms with Crippen molar-refractivity contribution >= 4 is 11.0 Å². The predicted molar refractivity (Wildman–Crippen MR) is 96.5 cm³/mol. The zero-order valence-electron chi connectivity index (χ0n) is 14.2. The van der Waals surface area contributed by atoms with E-state index in [2.05, 4.69) is 52.4 Å². The minimum atomic E-state index is 0.434. The van der Waals surface area contributed by atoms with E-state index in [0.29, 0.717) is 6.04 Å². The molecule has 1 unspecified atom stereocenters. The van der Waals surface area contributed by atoms with Crippen LogP contribution in [0, 0.1) is 0 Å². The average molecular weight is 321 g/mol. The van der Waals surface area contributed by atoms with Crippen molar-refractivity contribution in [2.24, 2.45) is 7.05 Å². The summed E-state index contributed by atoms with van der Waals surface area (Å²) in [6.45, 7) is 0.968. The Balaban J connectivity index is 1.46. The molecule has 1 aliphatic carbocycles. The number of nitrogens with one attached hydrogen (secondary N) is 1. The first-order valence-electron chi connectivity index (χ1n) is 8.56. The van der Waals surface area contributed by atoms with E-state index in [0.717, 1.165) is 37.2 Å². The lowest BCUT2D eigenvalue weighted by Gasteiger charge is -2.14. The molecule has 0 radical (unpaired) electrons. The van der Waals surface area contributed by atoms with Crippen LogP contribution in [0.5, 0.6) is 5.75 Å². The van der Waals surface area contributed by atoms with Crippen LogP contribution >= 0.6 is 0 Å². The minimum Gasteiger partial charge on any atom is -0.496 e. The lowest BCUT2D eigenvalue weighted by molar-refractivity contribution is 0.410. The molecule has 2 aromatic heterocycles. The molecule has 2 heterocycles. The lowest BCUT2D eigenvalue weighted by atomic mass is 10.1. The highest BCUT2D eigenvalue weighted by molar-refractivity contribution is 5.80. The number of hydrogen-bond donors (Lipinski definition) is 1. The Morgan fingerprint density at radius 2 is 2.21 bits per heavy atom. The van der Waals surface area contributed by atoms with Gasteiger partial charge in [-0.2, -0.15) is 0 Å². The van der Waals surface area contributed by atoms with Crippen LogP contribution in [0.1, 0.15) is 29.2 Å². The van der Waals surface area contributed by atoms with E-state index >= 15 is 0 Å². The SMILES string of the molecule is COc1cccc2c1CCC2NCCc1cn(C)c2ncccc12. The van der Waals surface area contributed by atoms with Gasteiger partial charge in [-0.15, -0.1) is 0 Å². The molecule has 124 valence electrons. The highest BCUT2D eigenvalue weighted by Crippen LogP contribution is 2.36. The van der Waals surface area contributed by atoms with Crippen molar-refractivity contribution in [2.75, 3.05) is 13.7 Å². The Morgan fingerprint density at radius 1 is 1.29 bits per heavy atom. The van der Waals surface area contributed by atoms with Gasteiger partial charge in [-0.25, -0.2) is 4.98 Å². The summed E-state index contributed by atoms with van der Waals surface area (Å²) in [5.41, 5.74) is 5.18. The van der Waals surface area contributed by atoms with Gasteiger partial charge in [0.2, 0.25) is 0 Å². The smallest absolute Gasteiger partial charge is 0.139 e. The highest BCUT2D eigenvalue weighted by Gasteiger charge is 2.24. The molecule has 1 aliphatic rings. The molecule has 0 saturated heterocycles. The molecular weight excluding hydrogens is 298 g/mol. The second kappa shape index (κ2) is 6.29. The molecule has 4 heteroatoms. The Bertz CT molecular complexity index is 868. The van der Waals surface area contributed by atoms with Gasteiger partial charge in [0, 0.05) is 30.9 Å². The molecule has 0 amide bonds. The number of pyridine rings is 1. The summed E-state index contributed by atoms with van der Waals surface area (Å²) < 4.78 is 7.60. The molecule has 0 bridgehead atoms. The van der Waals surface area contributed by atoms with Crippen molar-refractivity contribution in [2.45, 2.75) is 25.3 Å². The van der Waals surface area contributed by atoms with Gasteiger partial charge in [0.05, 0.1) is 7.11 Å². The van der Waals surface area contributed by atoms with E-state index in [9.17, 15) is 0 Å². The van der Waals surface area contributed by atoms with E-state index in [-0.39, 0.29) is 0 Å². The molecule has 4 rings (SSSR count). The highest BCUT2D eigenvalue weighted by atomic mass is 16.5. The molecule has 3 aromatic rings. The molecule has 24 heavy (non-hydrogen) atoms. The first-order chi connectivity index (χ1) is 11.8. The van der Waals surface area contributed by atoms with E-state index in [1.165, 1.54) is 22.1 Å². The quantitative estimate of drug-likeness (QED) is 0.783. The van der Waals surface area contributed by atoms with Gasteiger partial charge in [0.15, 0.2) is 0 Å². The lowest BCUT2D eigenvalue weighted by Crippen LogP contribution is -2.21. The van der Waals surface area contributed by atoms with E-state index in [4.69, 9.17) is 4.74 Å². The van der Waals surface area contributed by atoms with Crippen LogP contribution in [0.2, 0.25) is 0 Å². The maximum absolute atomic E-state index is 5.49. The maximum atomic E-state index is 5.49. The van der Waals surface area contributed by atoms with Gasteiger partial charge >= 0.3 is 0 Å². The maximum Gasteiger partial charge on any atom is 0.139 e. The number of aryl methyl sites for hydroxylation is 1. The molecule has 4 nitrogen and oxygen atoms in total. The van der Waals surface area contributed by atoms with Gasteiger partial charge in [0.25, 0.3) is 0 Å². The fourth-order valence-electron chi connectivity index (χ4n) is 3.90. The Morgan fingerprint density at radius 3 is 3.08 bits per heavy atom. The van der Waals surface area contributed by atoms with Crippen LogP contribution in [-0.2, 0) is 19.9 Å². The summed E-state index contributed by atoms with van der Waals surface area (Å²) in [7, 11) is 3.82. The van der Waals surface area contributed by atoms with Crippen LogP contribution < -0.4 is 10.1 Å². The number of ether oxygens (including phenoxy) is 1. The fourth-order valence-corrected chi connectivity index (χ4v) is 3.90. The average Bonchev–Trinajstić information content (AvgIpc) is 3.17. The van der Waals surface area contributed by atoms with Crippen molar-refractivity contribution in [3.63, 3.8) is 0 Å². The monoisotopic (exact) mass is 321 g/mol. The van der Waals surface area contributed by atoms with Crippen LogP contribution in [0.4, 0.5) is 0 Å². The fraction of sp³-hybridized carbons (Fsp3) is 0.350. The molecular formula is C20H23N3O. The summed E-state index contributed by atoms with van der Waals surface area (Å²) in [5.74, 6) is 1.02. The Hall–Kier alpha value is -2.33. The summed E-state index contributed by atoms with van der Waals surface area (Å²) in [5, 5.41) is 4.99. The number of nitrogens with zero attached hydrogens (tertiary/aromatic N) is 2. The summed E-state index contributed by atoms with van der Waals surface area (Å²) >= 11 is 0. The van der Waals surface area contributed by atoms with Crippen LogP contribution in [0.25, 0.3) is 11.0 Å². The van der Waals surface area contributed by atoms with E-state index < -0.39 is 0 Å².